The number of anilines is 1. The van der Waals surface area contributed by atoms with E-state index >= 15 is 0 Å². The molecule has 0 aliphatic heterocycles. The fourth-order valence-corrected chi connectivity index (χ4v) is 2.20. The lowest BCUT2D eigenvalue weighted by molar-refractivity contribution is -0.138. The molecule has 26 heavy (non-hydrogen) atoms. The smallest absolute Gasteiger partial charge is 0.338 e. The van der Waals surface area contributed by atoms with Crippen molar-refractivity contribution in [2.45, 2.75) is 19.5 Å². The lowest BCUT2D eigenvalue weighted by Crippen LogP contribution is -2.18. The number of aromatic nitrogens is 2. The first kappa shape index (κ1) is 17.7. The maximum absolute atomic E-state index is 12.8. The summed E-state index contributed by atoms with van der Waals surface area (Å²) in [7, 11) is 0. The quantitative estimate of drug-likeness (QED) is 0.580. The third-order valence-electron chi connectivity index (χ3n) is 3.75. The largest absolute Gasteiger partial charge is 0.417 e. The third-order valence-corrected chi connectivity index (χ3v) is 3.75. The van der Waals surface area contributed by atoms with E-state index in [1.165, 1.54) is 17.2 Å². The molecule has 134 valence electrons. The van der Waals surface area contributed by atoms with Crippen LogP contribution in [0, 0.1) is 0 Å². The molecular weight excluding hydrogens is 347 g/mol. The third kappa shape index (κ3) is 3.74. The van der Waals surface area contributed by atoms with Gasteiger partial charge in [0.05, 0.1) is 16.8 Å². The van der Waals surface area contributed by atoms with E-state index in [0.29, 0.717) is 12.1 Å². The molecule has 4 rings (SSSR count). The number of hydrogen-bond acceptors (Lipinski definition) is 4. The van der Waals surface area contributed by atoms with Crippen LogP contribution in [0.5, 0.6) is 0 Å². The zero-order valence-electron chi connectivity index (χ0n) is 13.7. The number of nitrogens with zero attached hydrogens (tertiary/aromatic N) is 2. The molecule has 0 bridgehead atoms. The summed E-state index contributed by atoms with van der Waals surface area (Å²) in [5.74, 6) is -0.965. The Kier molecular flexibility index (Phi) is 4.75. The molecule has 0 aromatic carbocycles. The molecule has 2 aliphatic carbocycles. The van der Waals surface area contributed by atoms with Crippen molar-refractivity contribution in [1.29, 1.82) is 0 Å². The normalized spacial score (nSPS) is 11.4. The van der Waals surface area contributed by atoms with Gasteiger partial charge in [-0.15, -0.1) is 0 Å². The summed E-state index contributed by atoms with van der Waals surface area (Å²) in [6.45, 7) is 1.83. The summed E-state index contributed by atoms with van der Waals surface area (Å²) in [5.41, 5.74) is 1.81. The van der Waals surface area contributed by atoms with Gasteiger partial charge < -0.3 is 4.52 Å². The van der Waals surface area contributed by atoms with E-state index in [1.54, 1.807) is 0 Å². The number of halogens is 3. The predicted molar refractivity (Wildman–Crippen MR) is 88.5 cm³/mol. The van der Waals surface area contributed by atoms with Crippen LogP contribution in [0.1, 0.15) is 28.5 Å². The highest BCUT2D eigenvalue weighted by Gasteiger charge is 2.35. The van der Waals surface area contributed by atoms with E-state index in [2.05, 4.69) is 39.7 Å². The van der Waals surface area contributed by atoms with E-state index in [0.717, 1.165) is 18.5 Å². The molecule has 0 saturated carbocycles. The number of benzene rings is 1. The molecular formula is C18H14F3N3O2. The second-order valence-corrected chi connectivity index (χ2v) is 5.49. The number of fused-ring (bicyclic) bond motifs is 1. The molecule has 2 aliphatic rings. The molecule has 0 radical (unpaired) electrons. The number of rotatable bonds is 3. The van der Waals surface area contributed by atoms with Gasteiger partial charge in [0.1, 0.15) is 0 Å². The van der Waals surface area contributed by atoms with E-state index in [4.69, 9.17) is 4.52 Å². The lowest BCUT2D eigenvalue weighted by atomic mass is 9.95. The van der Waals surface area contributed by atoms with Gasteiger partial charge in [-0.25, -0.2) is 0 Å². The number of carbonyl (C=O) groups is 1. The van der Waals surface area contributed by atoms with Crippen LogP contribution in [-0.2, 0) is 12.6 Å². The number of carbonyl (C=O) groups excluding carboxylic acids is 1. The topological polar surface area (TPSA) is 68.0 Å². The number of pyridine rings is 1. The zero-order valence-corrected chi connectivity index (χ0v) is 13.7. The van der Waals surface area contributed by atoms with Crippen LogP contribution in [0.3, 0.4) is 0 Å². The van der Waals surface area contributed by atoms with Crippen molar-refractivity contribution in [3.05, 3.63) is 65.6 Å². The molecule has 1 N–H and O–H groups in total. The van der Waals surface area contributed by atoms with Gasteiger partial charge >= 0.3 is 6.18 Å². The monoisotopic (exact) mass is 361 g/mol. The van der Waals surface area contributed by atoms with Gasteiger partial charge in [-0.3, -0.25) is 15.1 Å². The number of nitrogens with one attached hydrogen (secondary N) is 1. The Morgan fingerprint density at radius 1 is 1.15 bits per heavy atom. The summed E-state index contributed by atoms with van der Waals surface area (Å²) >= 11 is 0. The van der Waals surface area contributed by atoms with E-state index in [-0.39, 0.29) is 5.88 Å². The second-order valence-electron chi connectivity index (χ2n) is 5.49. The Morgan fingerprint density at radius 2 is 1.81 bits per heavy atom. The van der Waals surface area contributed by atoms with Crippen LogP contribution < -0.4 is 5.32 Å². The molecule has 0 fully saturated rings. The summed E-state index contributed by atoms with van der Waals surface area (Å²) in [6, 6.07) is 10.7. The molecule has 0 atom stereocenters. The van der Waals surface area contributed by atoms with Gasteiger partial charge in [0.15, 0.2) is 0 Å². The molecule has 0 spiro atoms. The van der Waals surface area contributed by atoms with Crippen LogP contribution in [0.4, 0.5) is 19.1 Å². The van der Waals surface area contributed by atoms with Crippen molar-refractivity contribution in [1.82, 2.24) is 10.1 Å². The highest BCUT2D eigenvalue weighted by Crippen LogP contribution is 2.32. The maximum Gasteiger partial charge on any atom is 0.417 e. The first-order valence-corrected chi connectivity index (χ1v) is 7.77. The first-order chi connectivity index (χ1) is 12.4. The fraction of sp³-hybridized carbons (Fsp3) is 0.167. The lowest BCUT2D eigenvalue weighted by Gasteiger charge is -2.10. The summed E-state index contributed by atoms with van der Waals surface area (Å²) in [6.07, 6.45) is -2.22. The summed E-state index contributed by atoms with van der Waals surface area (Å²) in [4.78, 5) is 15.4. The number of aryl methyl sites for hydroxylation is 1. The van der Waals surface area contributed by atoms with Gasteiger partial charge in [-0.1, -0.05) is 36.3 Å². The predicted octanol–water partition coefficient (Wildman–Crippen LogP) is 4.57. The van der Waals surface area contributed by atoms with Gasteiger partial charge in [0, 0.05) is 18.5 Å². The molecule has 0 saturated heterocycles. The van der Waals surface area contributed by atoms with Crippen LogP contribution >= 0.6 is 0 Å². The number of amides is 1. The van der Waals surface area contributed by atoms with Crippen LogP contribution in [0.15, 0.2) is 53.3 Å². The Morgan fingerprint density at radius 3 is 2.27 bits per heavy atom. The SMILES string of the molecule is CCc1cc(NC(=O)c2cnccc2C(F)(F)F)on1.c1cc2ccc1-2. The number of alkyl halides is 3. The molecule has 0 unspecified atom stereocenters. The molecule has 2 aromatic rings. The van der Waals surface area contributed by atoms with Crippen LogP contribution in [-0.4, -0.2) is 16.0 Å². The Bertz CT molecular complexity index is 897. The minimum atomic E-state index is -4.63. The number of hydrogen-bond donors (Lipinski definition) is 1. The van der Waals surface area contributed by atoms with Crippen molar-refractivity contribution in [2.24, 2.45) is 0 Å². The fourth-order valence-electron chi connectivity index (χ4n) is 2.20. The van der Waals surface area contributed by atoms with Crippen molar-refractivity contribution >= 4 is 11.8 Å². The Hall–Kier alpha value is -3.16. The minimum absolute atomic E-state index is 0.0103. The minimum Gasteiger partial charge on any atom is -0.338 e. The molecule has 2 aromatic heterocycles. The van der Waals surface area contributed by atoms with Crippen molar-refractivity contribution in [3.8, 4) is 11.1 Å². The highest BCUT2D eigenvalue weighted by atomic mass is 19.4. The van der Waals surface area contributed by atoms with Crippen LogP contribution in [0.2, 0.25) is 0 Å². The zero-order chi connectivity index (χ0) is 18.7. The van der Waals surface area contributed by atoms with Crippen molar-refractivity contribution in [3.63, 3.8) is 0 Å². The molecule has 2 heterocycles. The highest BCUT2D eigenvalue weighted by molar-refractivity contribution is 6.04. The average molecular weight is 361 g/mol. The van der Waals surface area contributed by atoms with E-state index in [9.17, 15) is 18.0 Å². The van der Waals surface area contributed by atoms with Gasteiger partial charge in [0.25, 0.3) is 5.91 Å². The first-order valence-electron chi connectivity index (χ1n) is 7.77. The van der Waals surface area contributed by atoms with Gasteiger partial charge in [0.2, 0.25) is 5.88 Å². The Labute approximate surface area is 146 Å². The van der Waals surface area contributed by atoms with Gasteiger partial charge in [-0.2, -0.15) is 13.2 Å². The van der Waals surface area contributed by atoms with Crippen LogP contribution in [0.25, 0.3) is 11.1 Å². The van der Waals surface area contributed by atoms with Gasteiger partial charge in [-0.05, 0) is 23.6 Å². The summed E-state index contributed by atoms with van der Waals surface area (Å²) in [5, 5.41) is 5.84. The van der Waals surface area contributed by atoms with E-state index < -0.39 is 23.2 Å². The van der Waals surface area contributed by atoms with E-state index in [1.807, 2.05) is 6.92 Å². The summed E-state index contributed by atoms with van der Waals surface area (Å²) < 4.78 is 43.1. The Balaban J connectivity index is 0.000000269. The second kappa shape index (κ2) is 6.99. The maximum atomic E-state index is 12.8. The van der Waals surface area contributed by atoms with Crippen molar-refractivity contribution in [2.75, 3.05) is 5.32 Å². The average Bonchev–Trinajstić information content (AvgIpc) is 3.05. The molecule has 5 nitrogen and oxygen atoms in total. The molecule has 1 amide bonds. The van der Waals surface area contributed by atoms with Crippen molar-refractivity contribution < 1.29 is 22.5 Å². The molecule has 8 heteroatoms. The standard InChI is InChI=1S/C12H10F3N3O2.C6H4/c1-2-7-5-10(20-18-7)17-11(19)8-6-16-4-3-9(8)12(13,14)15;1-2-6-4-3-5(1)6/h3-6H,2H2,1H3,(H,17,19);1-4H.